The van der Waals surface area contributed by atoms with Gasteiger partial charge in [-0.2, -0.15) is 18.3 Å². The Kier molecular flexibility index (Phi) is 4.07. The lowest BCUT2D eigenvalue weighted by atomic mass is 10.2. The molecule has 3 aromatic rings. The fourth-order valence-electron chi connectivity index (χ4n) is 2.14. The molecule has 0 bridgehead atoms. The highest BCUT2D eigenvalue weighted by atomic mass is 19.4. The summed E-state index contributed by atoms with van der Waals surface area (Å²) in [6, 6.07) is 14.9. The summed E-state index contributed by atoms with van der Waals surface area (Å²) in [5, 5.41) is 6.69. The summed E-state index contributed by atoms with van der Waals surface area (Å²) in [5.41, 5.74) is -0.0403. The Morgan fingerprint density at radius 1 is 1.00 bits per heavy atom. The van der Waals surface area contributed by atoms with Crippen LogP contribution in [0.15, 0.2) is 66.9 Å². The average molecular weight is 331 g/mol. The van der Waals surface area contributed by atoms with Crippen LogP contribution in [0.2, 0.25) is 0 Å². The van der Waals surface area contributed by atoms with Gasteiger partial charge in [0.25, 0.3) is 5.91 Å². The van der Waals surface area contributed by atoms with Gasteiger partial charge < -0.3 is 5.32 Å². The molecule has 7 heteroatoms. The molecular weight excluding hydrogens is 319 g/mol. The first-order valence-corrected chi connectivity index (χ1v) is 7.03. The Morgan fingerprint density at radius 2 is 1.75 bits per heavy atom. The fraction of sp³-hybridized carbons (Fsp3) is 0.0588. The van der Waals surface area contributed by atoms with Crippen molar-refractivity contribution < 1.29 is 18.0 Å². The van der Waals surface area contributed by atoms with Crippen molar-refractivity contribution in [1.29, 1.82) is 0 Å². The molecule has 1 heterocycles. The fourth-order valence-corrected chi connectivity index (χ4v) is 2.14. The van der Waals surface area contributed by atoms with E-state index in [1.807, 2.05) is 0 Å². The van der Waals surface area contributed by atoms with Crippen molar-refractivity contribution in [2.45, 2.75) is 6.18 Å². The predicted octanol–water partition coefficient (Wildman–Crippen LogP) is 4.14. The minimum absolute atomic E-state index is 0.251. The number of rotatable bonds is 3. The molecule has 0 radical (unpaired) electrons. The molecule has 0 unspecified atom stereocenters. The second kappa shape index (κ2) is 6.19. The van der Waals surface area contributed by atoms with Crippen molar-refractivity contribution in [2.24, 2.45) is 0 Å². The van der Waals surface area contributed by atoms with Gasteiger partial charge in [0.2, 0.25) is 0 Å². The molecule has 24 heavy (non-hydrogen) atoms. The van der Waals surface area contributed by atoms with E-state index < -0.39 is 11.7 Å². The van der Waals surface area contributed by atoms with Crippen LogP contribution in [-0.2, 0) is 6.18 Å². The zero-order valence-corrected chi connectivity index (χ0v) is 12.3. The molecule has 1 aromatic heterocycles. The SMILES string of the molecule is O=C(Nc1ccn(-c2cccc(C(F)(F)F)c2)n1)c1ccccc1. The van der Waals surface area contributed by atoms with E-state index in [0.29, 0.717) is 5.56 Å². The number of carbonyl (C=O) groups excluding carboxylic acids is 1. The molecule has 4 nitrogen and oxygen atoms in total. The normalized spacial score (nSPS) is 11.3. The smallest absolute Gasteiger partial charge is 0.305 e. The zero-order chi connectivity index (χ0) is 17.2. The molecule has 0 saturated heterocycles. The van der Waals surface area contributed by atoms with Crippen molar-refractivity contribution in [1.82, 2.24) is 9.78 Å². The van der Waals surface area contributed by atoms with Crippen molar-refractivity contribution >= 4 is 11.7 Å². The van der Waals surface area contributed by atoms with E-state index in [9.17, 15) is 18.0 Å². The number of amides is 1. The molecule has 1 amide bonds. The van der Waals surface area contributed by atoms with Gasteiger partial charge in [0.1, 0.15) is 0 Å². The van der Waals surface area contributed by atoms with E-state index in [1.165, 1.54) is 29.1 Å². The highest BCUT2D eigenvalue weighted by Crippen LogP contribution is 2.30. The Balaban J connectivity index is 1.80. The zero-order valence-electron chi connectivity index (χ0n) is 12.3. The number of nitrogens with one attached hydrogen (secondary N) is 1. The second-order valence-electron chi connectivity index (χ2n) is 5.01. The van der Waals surface area contributed by atoms with Gasteiger partial charge in [0.15, 0.2) is 5.82 Å². The van der Waals surface area contributed by atoms with E-state index in [4.69, 9.17) is 0 Å². The standard InChI is InChI=1S/C17H12F3N3O/c18-17(19,20)13-7-4-8-14(11-13)23-10-9-15(22-23)21-16(24)12-5-2-1-3-6-12/h1-11H,(H,21,22,24). The number of anilines is 1. The van der Waals surface area contributed by atoms with Crippen LogP contribution < -0.4 is 5.32 Å². The molecule has 0 spiro atoms. The number of hydrogen-bond acceptors (Lipinski definition) is 2. The summed E-state index contributed by atoms with van der Waals surface area (Å²) in [7, 11) is 0. The van der Waals surface area contributed by atoms with Gasteiger partial charge in [-0.1, -0.05) is 24.3 Å². The van der Waals surface area contributed by atoms with Crippen LogP contribution in [-0.4, -0.2) is 15.7 Å². The van der Waals surface area contributed by atoms with Gasteiger partial charge in [0, 0.05) is 17.8 Å². The van der Waals surface area contributed by atoms with E-state index in [0.717, 1.165) is 12.1 Å². The number of aromatic nitrogens is 2. The number of halogens is 3. The van der Waals surface area contributed by atoms with Crippen molar-refractivity contribution in [3.8, 4) is 5.69 Å². The maximum absolute atomic E-state index is 12.8. The molecule has 0 fully saturated rings. The number of hydrogen-bond donors (Lipinski definition) is 1. The summed E-state index contributed by atoms with van der Waals surface area (Å²) >= 11 is 0. The lowest BCUT2D eigenvalue weighted by Crippen LogP contribution is -2.12. The van der Waals surface area contributed by atoms with Crippen LogP contribution in [0.25, 0.3) is 5.69 Å². The quantitative estimate of drug-likeness (QED) is 0.784. The topological polar surface area (TPSA) is 46.9 Å². The largest absolute Gasteiger partial charge is 0.416 e. The lowest BCUT2D eigenvalue weighted by Gasteiger charge is -2.08. The predicted molar refractivity (Wildman–Crippen MR) is 83.0 cm³/mol. The first-order valence-electron chi connectivity index (χ1n) is 7.03. The minimum atomic E-state index is -4.42. The summed E-state index contributed by atoms with van der Waals surface area (Å²) in [6.45, 7) is 0. The third-order valence-electron chi connectivity index (χ3n) is 3.30. The highest BCUT2D eigenvalue weighted by Gasteiger charge is 2.30. The molecular formula is C17H12F3N3O. The van der Waals surface area contributed by atoms with Crippen molar-refractivity contribution in [3.63, 3.8) is 0 Å². The van der Waals surface area contributed by atoms with Crippen LogP contribution in [0.4, 0.5) is 19.0 Å². The molecule has 0 aliphatic heterocycles. The van der Waals surface area contributed by atoms with Crippen LogP contribution in [0.3, 0.4) is 0 Å². The van der Waals surface area contributed by atoms with Gasteiger partial charge in [-0.05, 0) is 30.3 Å². The maximum Gasteiger partial charge on any atom is 0.416 e. The molecule has 0 aliphatic rings. The molecule has 3 rings (SSSR count). The van der Waals surface area contributed by atoms with Gasteiger partial charge in [0.05, 0.1) is 11.3 Å². The maximum atomic E-state index is 12.8. The summed E-state index contributed by atoms with van der Waals surface area (Å²) in [5.74, 6) is -0.0915. The first kappa shape index (κ1) is 15.8. The van der Waals surface area contributed by atoms with E-state index >= 15 is 0 Å². The number of nitrogens with zero attached hydrogens (tertiary/aromatic N) is 2. The Hall–Kier alpha value is -3.09. The van der Waals surface area contributed by atoms with Gasteiger partial charge in [-0.3, -0.25) is 4.79 Å². The molecule has 122 valence electrons. The number of alkyl halides is 3. The van der Waals surface area contributed by atoms with Crippen LogP contribution in [0.5, 0.6) is 0 Å². The monoisotopic (exact) mass is 331 g/mol. The number of benzene rings is 2. The minimum Gasteiger partial charge on any atom is -0.305 e. The molecule has 0 aliphatic carbocycles. The lowest BCUT2D eigenvalue weighted by molar-refractivity contribution is -0.137. The Labute approximate surface area is 135 Å². The third-order valence-corrected chi connectivity index (χ3v) is 3.30. The van der Waals surface area contributed by atoms with Crippen LogP contribution in [0, 0.1) is 0 Å². The third kappa shape index (κ3) is 3.45. The number of carbonyl (C=O) groups is 1. The summed E-state index contributed by atoms with van der Waals surface area (Å²) in [4.78, 5) is 12.0. The summed E-state index contributed by atoms with van der Waals surface area (Å²) < 4.78 is 39.6. The van der Waals surface area contributed by atoms with E-state index in [1.54, 1.807) is 30.3 Å². The molecule has 2 aromatic carbocycles. The Morgan fingerprint density at radius 3 is 2.46 bits per heavy atom. The van der Waals surface area contributed by atoms with Crippen LogP contribution in [0.1, 0.15) is 15.9 Å². The van der Waals surface area contributed by atoms with E-state index in [-0.39, 0.29) is 17.4 Å². The van der Waals surface area contributed by atoms with Crippen LogP contribution >= 0.6 is 0 Å². The van der Waals surface area contributed by atoms with Gasteiger partial charge in [-0.25, -0.2) is 4.68 Å². The average Bonchev–Trinajstić information content (AvgIpc) is 3.03. The second-order valence-corrected chi connectivity index (χ2v) is 5.01. The van der Waals surface area contributed by atoms with Crippen molar-refractivity contribution in [2.75, 3.05) is 5.32 Å². The van der Waals surface area contributed by atoms with Crippen molar-refractivity contribution in [3.05, 3.63) is 78.0 Å². The summed E-state index contributed by atoms with van der Waals surface area (Å²) in [6.07, 6.45) is -2.94. The molecule has 1 N–H and O–H groups in total. The van der Waals surface area contributed by atoms with Gasteiger partial charge in [-0.15, -0.1) is 0 Å². The Bertz CT molecular complexity index is 857. The highest BCUT2D eigenvalue weighted by molar-refractivity contribution is 6.03. The molecule has 0 saturated carbocycles. The van der Waals surface area contributed by atoms with Gasteiger partial charge >= 0.3 is 6.18 Å². The molecule has 0 atom stereocenters. The van der Waals surface area contributed by atoms with E-state index in [2.05, 4.69) is 10.4 Å². The first-order chi connectivity index (χ1) is 11.4.